The number of rotatable bonds is 6. The van der Waals surface area contributed by atoms with Crippen LogP contribution in [0.15, 0.2) is 18.2 Å². The summed E-state index contributed by atoms with van der Waals surface area (Å²) in [7, 11) is 1.50. The minimum absolute atomic E-state index is 0.312. The van der Waals surface area contributed by atoms with Crippen molar-refractivity contribution in [3.63, 3.8) is 0 Å². The van der Waals surface area contributed by atoms with Gasteiger partial charge >= 0.3 is 0 Å². The first-order valence-electron chi connectivity index (χ1n) is 5.48. The van der Waals surface area contributed by atoms with E-state index in [1.165, 1.54) is 13.2 Å². The second kappa shape index (κ2) is 6.75. The van der Waals surface area contributed by atoms with Crippen LogP contribution in [-0.2, 0) is 0 Å². The molecule has 0 aliphatic carbocycles. The van der Waals surface area contributed by atoms with Crippen molar-refractivity contribution in [3.05, 3.63) is 23.8 Å². The van der Waals surface area contributed by atoms with Crippen LogP contribution in [0.3, 0.4) is 0 Å². The van der Waals surface area contributed by atoms with E-state index in [1.807, 2.05) is 0 Å². The van der Waals surface area contributed by atoms with Gasteiger partial charge in [-0.1, -0.05) is 13.3 Å². The lowest BCUT2D eigenvalue weighted by molar-refractivity contribution is 0.0706. The molecule has 2 N–H and O–H groups in total. The average molecular weight is 239 g/mol. The molecule has 1 aromatic rings. The second-order valence-corrected chi connectivity index (χ2v) is 3.51. The molecule has 5 heteroatoms. The maximum atomic E-state index is 11.2. The summed E-state index contributed by atoms with van der Waals surface area (Å²) in [5.41, 5.74) is 1.88. The molecule has 1 amide bonds. The number of hydroxylamine groups is 1. The Kier molecular flexibility index (Phi) is 5.29. The Hall–Kier alpha value is -1.75. The topological polar surface area (TPSA) is 67.8 Å². The molecule has 5 nitrogen and oxygen atoms in total. The number of methoxy groups -OCH3 is 1. The van der Waals surface area contributed by atoms with Crippen molar-refractivity contribution < 1.29 is 19.5 Å². The molecule has 0 aliphatic rings. The summed E-state index contributed by atoms with van der Waals surface area (Å²) in [6.07, 6.45) is 2.01. The first-order valence-corrected chi connectivity index (χ1v) is 5.48. The minimum atomic E-state index is -0.580. The van der Waals surface area contributed by atoms with E-state index in [-0.39, 0.29) is 0 Å². The van der Waals surface area contributed by atoms with Gasteiger partial charge in [0.15, 0.2) is 11.5 Å². The molecule has 0 saturated carbocycles. The third kappa shape index (κ3) is 3.64. The van der Waals surface area contributed by atoms with E-state index in [2.05, 4.69) is 6.92 Å². The molecule has 17 heavy (non-hydrogen) atoms. The highest BCUT2D eigenvalue weighted by molar-refractivity contribution is 5.94. The van der Waals surface area contributed by atoms with Gasteiger partial charge in [0.25, 0.3) is 5.91 Å². The zero-order chi connectivity index (χ0) is 12.7. The van der Waals surface area contributed by atoms with Gasteiger partial charge in [-0.3, -0.25) is 10.0 Å². The third-order valence-corrected chi connectivity index (χ3v) is 2.28. The summed E-state index contributed by atoms with van der Waals surface area (Å²) < 4.78 is 10.6. The van der Waals surface area contributed by atoms with E-state index >= 15 is 0 Å². The Labute approximate surface area is 100 Å². The fraction of sp³-hybridized carbons (Fsp3) is 0.417. The fourth-order valence-electron chi connectivity index (χ4n) is 1.32. The number of unbranched alkanes of at least 4 members (excludes halogenated alkanes) is 1. The largest absolute Gasteiger partial charge is 0.493 e. The zero-order valence-corrected chi connectivity index (χ0v) is 10.0. The minimum Gasteiger partial charge on any atom is -0.493 e. The molecule has 0 bridgehead atoms. The number of nitrogens with one attached hydrogen (secondary N) is 1. The molecule has 0 saturated heterocycles. The third-order valence-electron chi connectivity index (χ3n) is 2.28. The van der Waals surface area contributed by atoms with Gasteiger partial charge in [0.05, 0.1) is 13.7 Å². The van der Waals surface area contributed by atoms with E-state index in [9.17, 15) is 4.79 Å². The Bertz CT molecular complexity index is 379. The Morgan fingerprint density at radius 3 is 2.76 bits per heavy atom. The van der Waals surface area contributed by atoms with Crippen molar-refractivity contribution in [2.45, 2.75) is 19.8 Å². The first-order chi connectivity index (χ1) is 8.22. The van der Waals surface area contributed by atoms with Crippen LogP contribution in [0.5, 0.6) is 11.5 Å². The predicted molar refractivity (Wildman–Crippen MR) is 62.6 cm³/mol. The van der Waals surface area contributed by atoms with Crippen LogP contribution < -0.4 is 15.0 Å². The molecule has 0 fully saturated rings. The number of hydrogen-bond acceptors (Lipinski definition) is 4. The van der Waals surface area contributed by atoms with Crippen molar-refractivity contribution in [3.8, 4) is 11.5 Å². The van der Waals surface area contributed by atoms with Crippen LogP contribution in [0.4, 0.5) is 0 Å². The maximum Gasteiger partial charge on any atom is 0.274 e. The van der Waals surface area contributed by atoms with Gasteiger partial charge in [-0.25, -0.2) is 5.48 Å². The number of amides is 1. The van der Waals surface area contributed by atoms with Crippen molar-refractivity contribution >= 4 is 5.91 Å². The van der Waals surface area contributed by atoms with E-state index in [0.29, 0.717) is 23.7 Å². The molecule has 0 aromatic heterocycles. The zero-order valence-electron chi connectivity index (χ0n) is 10.0. The van der Waals surface area contributed by atoms with Crippen molar-refractivity contribution in [2.24, 2.45) is 0 Å². The number of benzene rings is 1. The van der Waals surface area contributed by atoms with Crippen LogP contribution in [0, 0.1) is 0 Å². The lowest BCUT2D eigenvalue weighted by Gasteiger charge is -2.11. The van der Waals surface area contributed by atoms with E-state index in [4.69, 9.17) is 14.7 Å². The van der Waals surface area contributed by atoms with Crippen molar-refractivity contribution in [1.82, 2.24) is 5.48 Å². The van der Waals surface area contributed by atoms with Crippen molar-refractivity contribution in [2.75, 3.05) is 13.7 Å². The first kappa shape index (κ1) is 13.3. The molecule has 0 aliphatic heterocycles. The predicted octanol–water partition coefficient (Wildman–Crippen LogP) is 1.99. The van der Waals surface area contributed by atoms with Crippen LogP contribution in [-0.4, -0.2) is 24.8 Å². The Morgan fingerprint density at radius 1 is 1.41 bits per heavy atom. The monoisotopic (exact) mass is 239 g/mol. The van der Waals surface area contributed by atoms with E-state index < -0.39 is 5.91 Å². The average Bonchev–Trinajstić information content (AvgIpc) is 2.38. The lowest BCUT2D eigenvalue weighted by atomic mass is 10.2. The standard InChI is InChI=1S/C12H17NO4/c1-3-4-7-17-10-6-5-9(12(14)13-15)8-11(10)16-2/h5-6,8,15H,3-4,7H2,1-2H3,(H,13,14). The summed E-state index contributed by atoms with van der Waals surface area (Å²) in [6, 6.07) is 4.74. The molecule has 0 heterocycles. The van der Waals surface area contributed by atoms with Crippen molar-refractivity contribution in [1.29, 1.82) is 0 Å². The Balaban J connectivity index is 2.81. The van der Waals surface area contributed by atoms with Gasteiger partial charge in [-0.05, 0) is 24.6 Å². The van der Waals surface area contributed by atoms with Crippen LogP contribution in [0.25, 0.3) is 0 Å². The molecule has 0 atom stereocenters. The lowest BCUT2D eigenvalue weighted by Crippen LogP contribution is -2.18. The van der Waals surface area contributed by atoms with Crippen LogP contribution in [0.1, 0.15) is 30.1 Å². The normalized spacial score (nSPS) is 9.82. The van der Waals surface area contributed by atoms with Gasteiger partial charge in [-0.15, -0.1) is 0 Å². The van der Waals surface area contributed by atoms with Gasteiger partial charge in [0.1, 0.15) is 0 Å². The summed E-state index contributed by atoms with van der Waals surface area (Å²) >= 11 is 0. The smallest absolute Gasteiger partial charge is 0.274 e. The van der Waals surface area contributed by atoms with Crippen LogP contribution >= 0.6 is 0 Å². The summed E-state index contributed by atoms with van der Waals surface area (Å²) in [5.74, 6) is 0.487. The maximum absolute atomic E-state index is 11.2. The SMILES string of the molecule is CCCCOc1ccc(C(=O)NO)cc1OC. The number of carbonyl (C=O) groups excluding carboxylic acids is 1. The van der Waals surface area contributed by atoms with Gasteiger partial charge in [-0.2, -0.15) is 0 Å². The molecule has 0 radical (unpaired) electrons. The van der Waals surface area contributed by atoms with Crippen LogP contribution in [0.2, 0.25) is 0 Å². The number of ether oxygens (including phenoxy) is 2. The van der Waals surface area contributed by atoms with Gasteiger partial charge in [0.2, 0.25) is 0 Å². The van der Waals surface area contributed by atoms with Gasteiger partial charge in [0, 0.05) is 5.56 Å². The fourth-order valence-corrected chi connectivity index (χ4v) is 1.32. The molecular weight excluding hydrogens is 222 g/mol. The summed E-state index contributed by atoms with van der Waals surface area (Å²) in [6.45, 7) is 2.69. The highest BCUT2D eigenvalue weighted by atomic mass is 16.5. The highest BCUT2D eigenvalue weighted by Crippen LogP contribution is 2.28. The number of carbonyl (C=O) groups is 1. The Morgan fingerprint density at radius 2 is 2.18 bits per heavy atom. The summed E-state index contributed by atoms with van der Waals surface area (Å²) in [4.78, 5) is 11.2. The molecule has 0 unspecified atom stereocenters. The van der Waals surface area contributed by atoms with E-state index in [0.717, 1.165) is 12.8 Å². The highest BCUT2D eigenvalue weighted by Gasteiger charge is 2.10. The quantitative estimate of drug-likeness (QED) is 0.452. The molecular formula is C12H17NO4. The number of hydrogen-bond donors (Lipinski definition) is 2. The molecule has 94 valence electrons. The molecule has 1 aromatic carbocycles. The summed E-state index contributed by atoms with van der Waals surface area (Å²) in [5, 5.41) is 8.52. The van der Waals surface area contributed by atoms with Gasteiger partial charge < -0.3 is 9.47 Å². The second-order valence-electron chi connectivity index (χ2n) is 3.51. The van der Waals surface area contributed by atoms with E-state index in [1.54, 1.807) is 17.6 Å². The molecule has 1 rings (SSSR count). The molecule has 0 spiro atoms.